The van der Waals surface area contributed by atoms with E-state index in [9.17, 15) is 18.8 Å². The minimum Gasteiger partial charge on any atom is -0.444 e. The average molecular weight is 346 g/mol. The second kappa shape index (κ2) is 5.54. The summed E-state index contributed by atoms with van der Waals surface area (Å²) in [5.74, 6) is -0.522. The van der Waals surface area contributed by atoms with Crippen LogP contribution in [0.4, 0.5) is 20.6 Å². The third-order valence-electron chi connectivity index (χ3n) is 5.47. The molecule has 4 rings (SSSR count). The first-order valence-corrected chi connectivity index (χ1v) is 8.54. The van der Waals surface area contributed by atoms with Crippen molar-refractivity contribution in [3.05, 3.63) is 23.0 Å². The number of carbonyl (C=O) groups excluding carboxylic acids is 3. The monoisotopic (exact) mass is 346 g/mol. The molecule has 1 fully saturated rings. The van der Waals surface area contributed by atoms with Crippen LogP contribution >= 0.6 is 0 Å². The second-order valence-corrected chi connectivity index (χ2v) is 6.81. The van der Waals surface area contributed by atoms with Crippen molar-refractivity contribution < 1.29 is 23.5 Å². The van der Waals surface area contributed by atoms with Gasteiger partial charge in [0, 0.05) is 26.0 Å². The summed E-state index contributed by atoms with van der Waals surface area (Å²) in [4.78, 5) is 38.7. The molecule has 7 heteroatoms. The van der Waals surface area contributed by atoms with Crippen LogP contribution in [0.1, 0.15) is 37.3 Å². The van der Waals surface area contributed by atoms with Crippen molar-refractivity contribution in [2.45, 2.75) is 51.2 Å². The molecule has 0 aromatic heterocycles. The molecule has 0 bridgehead atoms. The SMILES string of the molecule is CCC(=O)CC[C@@H]1OC(=O)N2c3cc(F)c4c(c3C[C@@H]12)CC(=O)N4C. The first-order valence-electron chi connectivity index (χ1n) is 8.54. The fraction of sp³-hybridized carbons (Fsp3) is 0.500. The number of likely N-dealkylation sites (N-methyl/N-ethyl adjacent to an activating group) is 1. The Bertz CT molecular complexity index is 807. The highest BCUT2D eigenvalue weighted by Gasteiger charge is 2.49. The molecule has 2 atom stereocenters. The molecule has 25 heavy (non-hydrogen) atoms. The lowest BCUT2D eigenvalue weighted by Crippen LogP contribution is -2.33. The number of Topliss-reactive ketones (excluding diaryl/α,β-unsaturated/α-hetero) is 1. The van der Waals surface area contributed by atoms with Crippen LogP contribution in [0.5, 0.6) is 0 Å². The van der Waals surface area contributed by atoms with Crippen LogP contribution in [0.25, 0.3) is 0 Å². The minimum atomic E-state index is -0.505. The van der Waals surface area contributed by atoms with Gasteiger partial charge in [-0.25, -0.2) is 9.18 Å². The van der Waals surface area contributed by atoms with E-state index in [1.54, 1.807) is 14.0 Å². The number of carbonyl (C=O) groups is 3. The maximum atomic E-state index is 14.5. The Hall–Kier alpha value is -2.44. The Kier molecular flexibility index (Phi) is 3.56. The van der Waals surface area contributed by atoms with Crippen molar-refractivity contribution in [3.63, 3.8) is 0 Å². The summed E-state index contributed by atoms with van der Waals surface area (Å²) < 4.78 is 20.0. The molecule has 1 aromatic rings. The first kappa shape index (κ1) is 16.1. The van der Waals surface area contributed by atoms with E-state index in [0.29, 0.717) is 42.6 Å². The summed E-state index contributed by atoms with van der Waals surface area (Å²) in [6.07, 6.45) is 1.08. The van der Waals surface area contributed by atoms with Gasteiger partial charge in [0.25, 0.3) is 0 Å². The molecule has 2 amide bonds. The number of nitrogens with zero attached hydrogens (tertiary/aromatic N) is 2. The quantitative estimate of drug-likeness (QED) is 0.839. The van der Waals surface area contributed by atoms with Gasteiger partial charge in [-0.05, 0) is 24.0 Å². The summed E-state index contributed by atoms with van der Waals surface area (Å²) >= 11 is 0. The van der Waals surface area contributed by atoms with Crippen LogP contribution < -0.4 is 9.80 Å². The Morgan fingerprint density at radius 3 is 2.84 bits per heavy atom. The van der Waals surface area contributed by atoms with Crippen LogP contribution in [-0.4, -0.2) is 37.0 Å². The molecular weight excluding hydrogens is 327 g/mol. The van der Waals surface area contributed by atoms with Gasteiger partial charge in [-0.15, -0.1) is 0 Å². The molecule has 0 saturated carbocycles. The summed E-state index contributed by atoms with van der Waals surface area (Å²) in [6.45, 7) is 1.81. The van der Waals surface area contributed by atoms with Crippen LogP contribution in [-0.2, 0) is 27.2 Å². The zero-order valence-corrected chi connectivity index (χ0v) is 14.2. The Balaban J connectivity index is 1.68. The lowest BCUT2D eigenvalue weighted by molar-refractivity contribution is -0.119. The third-order valence-corrected chi connectivity index (χ3v) is 5.47. The number of amides is 2. The average Bonchev–Trinajstić information content (AvgIpc) is 3.19. The van der Waals surface area contributed by atoms with Crippen molar-refractivity contribution in [1.29, 1.82) is 0 Å². The summed E-state index contributed by atoms with van der Waals surface area (Å²) in [5.41, 5.74) is 2.34. The molecule has 0 unspecified atom stereocenters. The van der Waals surface area contributed by atoms with E-state index >= 15 is 0 Å². The van der Waals surface area contributed by atoms with E-state index in [-0.39, 0.29) is 30.3 Å². The number of ketones is 1. The van der Waals surface area contributed by atoms with Crippen LogP contribution in [0.2, 0.25) is 0 Å². The topological polar surface area (TPSA) is 66.9 Å². The molecule has 0 N–H and O–H groups in total. The molecule has 1 aromatic carbocycles. The highest BCUT2D eigenvalue weighted by Crippen LogP contribution is 2.46. The van der Waals surface area contributed by atoms with E-state index in [1.807, 2.05) is 0 Å². The molecule has 3 aliphatic rings. The van der Waals surface area contributed by atoms with Gasteiger partial charge in [-0.3, -0.25) is 14.5 Å². The Morgan fingerprint density at radius 2 is 2.12 bits per heavy atom. The summed E-state index contributed by atoms with van der Waals surface area (Å²) in [6, 6.07) is 1.09. The number of benzene rings is 1. The van der Waals surface area contributed by atoms with Crippen molar-refractivity contribution >= 4 is 29.2 Å². The van der Waals surface area contributed by atoms with Gasteiger partial charge < -0.3 is 9.64 Å². The number of halogens is 1. The molecule has 0 radical (unpaired) electrons. The number of hydrogen-bond acceptors (Lipinski definition) is 4. The molecule has 3 aliphatic heterocycles. The number of rotatable bonds is 4. The standard InChI is InChI=1S/C18H19FN2O4/c1-3-9(22)4-5-15-14-6-10-11-7-16(23)20(2)17(11)12(19)8-13(10)21(14)18(24)25-15/h8,14-15H,3-7H2,1-2H3/t14-,15-/m0/s1. The van der Waals surface area contributed by atoms with E-state index in [0.717, 1.165) is 5.56 Å². The molecule has 0 aliphatic carbocycles. The predicted molar refractivity (Wildman–Crippen MR) is 88.3 cm³/mol. The third kappa shape index (κ3) is 2.25. The number of hydrogen-bond donors (Lipinski definition) is 0. The zero-order valence-electron chi connectivity index (χ0n) is 14.2. The summed E-state index contributed by atoms with van der Waals surface area (Å²) in [7, 11) is 1.56. The van der Waals surface area contributed by atoms with Crippen molar-refractivity contribution in [2.24, 2.45) is 0 Å². The maximum Gasteiger partial charge on any atom is 0.415 e. The largest absolute Gasteiger partial charge is 0.444 e. The van der Waals surface area contributed by atoms with Crippen molar-refractivity contribution in [3.8, 4) is 0 Å². The number of anilines is 2. The van der Waals surface area contributed by atoms with Gasteiger partial charge in [0.15, 0.2) is 0 Å². The maximum absolute atomic E-state index is 14.5. The molecule has 132 valence electrons. The Morgan fingerprint density at radius 1 is 1.36 bits per heavy atom. The second-order valence-electron chi connectivity index (χ2n) is 6.81. The van der Waals surface area contributed by atoms with Gasteiger partial charge in [0.2, 0.25) is 5.91 Å². The molecule has 3 heterocycles. The minimum absolute atomic E-state index is 0.129. The Labute approximate surface area is 144 Å². The normalized spacial score (nSPS) is 23.6. The van der Waals surface area contributed by atoms with Crippen LogP contribution in [0.3, 0.4) is 0 Å². The lowest BCUT2D eigenvalue weighted by atomic mass is 9.96. The van der Waals surface area contributed by atoms with Crippen molar-refractivity contribution in [2.75, 3.05) is 16.8 Å². The number of fused-ring (bicyclic) bond motifs is 5. The predicted octanol–water partition coefficient (Wildman–Crippen LogP) is 2.35. The highest BCUT2D eigenvalue weighted by molar-refractivity contribution is 6.04. The molecular formula is C18H19FN2O4. The number of cyclic esters (lactones) is 1. The molecule has 6 nitrogen and oxygen atoms in total. The number of ether oxygens (including phenoxy) is 1. The first-order chi connectivity index (χ1) is 11.9. The lowest BCUT2D eigenvalue weighted by Gasteiger charge is -2.16. The fourth-order valence-electron chi connectivity index (χ4n) is 4.11. The fourth-order valence-corrected chi connectivity index (χ4v) is 4.11. The van der Waals surface area contributed by atoms with Crippen LogP contribution in [0.15, 0.2) is 6.07 Å². The molecule has 0 spiro atoms. The van der Waals surface area contributed by atoms with E-state index in [4.69, 9.17) is 4.74 Å². The van der Waals surface area contributed by atoms with Gasteiger partial charge in [-0.1, -0.05) is 6.92 Å². The smallest absolute Gasteiger partial charge is 0.415 e. The van der Waals surface area contributed by atoms with Crippen LogP contribution in [0, 0.1) is 5.82 Å². The van der Waals surface area contributed by atoms with E-state index in [1.165, 1.54) is 15.9 Å². The van der Waals surface area contributed by atoms with Gasteiger partial charge >= 0.3 is 6.09 Å². The van der Waals surface area contributed by atoms with Gasteiger partial charge in [0.05, 0.1) is 23.8 Å². The summed E-state index contributed by atoms with van der Waals surface area (Å²) in [5, 5.41) is 0. The molecule has 1 saturated heterocycles. The van der Waals surface area contributed by atoms with Crippen molar-refractivity contribution in [1.82, 2.24) is 0 Å². The zero-order chi connectivity index (χ0) is 17.9. The van der Waals surface area contributed by atoms with E-state index in [2.05, 4.69) is 0 Å². The van der Waals surface area contributed by atoms with Gasteiger partial charge in [-0.2, -0.15) is 0 Å². The highest BCUT2D eigenvalue weighted by atomic mass is 19.1. The van der Waals surface area contributed by atoms with Gasteiger partial charge in [0.1, 0.15) is 17.7 Å². The van der Waals surface area contributed by atoms with E-state index < -0.39 is 11.9 Å².